The summed E-state index contributed by atoms with van der Waals surface area (Å²) in [6.07, 6.45) is 0.938. The number of carbonyl (C=O) groups excluding carboxylic acids is 1. The molecule has 1 amide bonds. The Morgan fingerprint density at radius 3 is 2.89 bits per heavy atom. The SMILES string of the molecule is CC1CN(C)CCCN1C(=O)c1cc(Cl)ccc1O. The van der Waals surface area contributed by atoms with Crippen LogP contribution in [0, 0.1) is 0 Å². The van der Waals surface area contributed by atoms with Gasteiger partial charge in [0.1, 0.15) is 5.75 Å². The molecule has 0 spiro atoms. The van der Waals surface area contributed by atoms with Gasteiger partial charge in [-0.25, -0.2) is 0 Å². The smallest absolute Gasteiger partial charge is 0.257 e. The lowest BCUT2D eigenvalue weighted by atomic mass is 10.1. The lowest BCUT2D eigenvalue weighted by Crippen LogP contribution is -2.42. The second-order valence-corrected chi connectivity index (χ2v) is 5.56. The summed E-state index contributed by atoms with van der Waals surface area (Å²) in [7, 11) is 2.06. The number of aromatic hydroxyl groups is 1. The van der Waals surface area contributed by atoms with E-state index >= 15 is 0 Å². The molecule has 4 nitrogen and oxygen atoms in total. The maximum atomic E-state index is 12.5. The van der Waals surface area contributed by atoms with E-state index in [-0.39, 0.29) is 23.3 Å². The molecule has 2 rings (SSSR count). The summed E-state index contributed by atoms with van der Waals surface area (Å²) in [5.74, 6) is -0.165. The van der Waals surface area contributed by atoms with Crippen molar-refractivity contribution < 1.29 is 9.90 Å². The minimum Gasteiger partial charge on any atom is -0.507 e. The number of rotatable bonds is 1. The van der Waals surface area contributed by atoms with Crippen LogP contribution in [0.2, 0.25) is 5.02 Å². The fourth-order valence-corrected chi connectivity index (χ4v) is 2.68. The van der Waals surface area contributed by atoms with E-state index in [1.54, 1.807) is 6.07 Å². The number of carbonyl (C=O) groups is 1. The van der Waals surface area contributed by atoms with E-state index in [4.69, 9.17) is 11.6 Å². The van der Waals surface area contributed by atoms with E-state index < -0.39 is 0 Å². The van der Waals surface area contributed by atoms with Gasteiger partial charge < -0.3 is 14.9 Å². The van der Waals surface area contributed by atoms with Crippen molar-refractivity contribution in [3.05, 3.63) is 28.8 Å². The summed E-state index contributed by atoms with van der Waals surface area (Å²) in [6, 6.07) is 4.69. The normalized spacial score (nSPS) is 21.2. The molecule has 1 atom stereocenters. The topological polar surface area (TPSA) is 43.8 Å². The van der Waals surface area contributed by atoms with Gasteiger partial charge in [0.2, 0.25) is 0 Å². The molecular formula is C14H19ClN2O2. The van der Waals surface area contributed by atoms with Crippen molar-refractivity contribution in [3.8, 4) is 5.75 Å². The van der Waals surface area contributed by atoms with Crippen molar-refractivity contribution in [3.63, 3.8) is 0 Å². The first-order chi connectivity index (χ1) is 8.99. The van der Waals surface area contributed by atoms with Gasteiger partial charge in [-0.15, -0.1) is 0 Å². The largest absolute Gasteiger partial charge is 0.507 e. The van der Waals surface area contributed by atoms with Crippen LogP contribution in [-0.2, 0) is 0 Å². The van der Waals surface area contributed by atoms with Crippen LogP contribution in [0.1, 0.15) is 23.7 Å². The predicted octanol–water partition coefficient (Wildman–Crippen LogP) is 2.21. The number of benzene rings is 1. The summed E-state index contributed by atoms with van der Waals surface area (Å²) in [5, 5.41) is 10.3. The molecule has 0 aliphatic carbocycles. The molecule has 1 aromatic rings. The predicted molar refractivity (Wildman–Crippen MR) is 75.7 cm³/mol. The Morgan fingerprint density at radius 1 is 1.42 bits per heavy atom. The standard InChI is InChI=1S/C14H19ClN2O2/c1-10-9-16(2)6-3-7-17(10)14(19)12-8-11(15)4-5-13(12)18/h4-5,8,10,18H,3,6-7,9H2,1-2H3. The zero-order valence-corrected chi connectivity index (χ0v) is 12.0. The molecule has 0 bridgehead atoms. The third kappa shape index (κ3) is 3.19. The molecule has 1 unspecified atom stereocenters. The quantitative estimate of drug-likeness (QED) is 0.859. The first-order valence-corrected chi connectivity index (χ1v) is 6.85. The Labute approximate surface area is 118 Å². The molecule has 1 N–H and O–H groups in total. The first kappa shape index (κ1) is 14.2. The van der Waals surface area contributed by atoms with Crippen LogP contribution in [0.15, 0.2) is 18.2 Å². The molecule has 1 heterocycles. The lowest BCUT2D eigenvalue weighted by Gasteiger charge is -2.28. The van der Waals surface area contributed by atoms with Gasteiger partial charge in [-0.3, -0.25) is 4.79 Å². The van der Waals surface area contributed by atoms with E-state index in [0.29, 0.717) is 11.6 Å². The van der Waals surface area contributed by atoms with Gasteiger partial charge in [-0.2, -0.15) is 0 Å². The van der Waals surface area contributed by atoms with Crippen molar-refractivity contribution in [1.82, 2.24) is 9.80 Å². The van der Waals surface area contributed by atoms with Crippen molar-refractivity contribution >= 4 is 17.5 Å². The second kappa shape index (κ2) is 5.80. The third-order valence-electron chi connectivity index (χ3n) is 3.50. The number of amides is 1. The van der Waals surface area contributed by atoms with E-state index in [2.05, 4.69) is 11.9 Å². The van der Waals surface area contributed by atoms with Crippen molar-refractivity contribution in [2.45, 2.75) is 19.4 Å². The molecule has 0 saturated carbocycles. The Kier molecular flexibility index (Phi) is 4.32. The molecule has 1 fully saturated rings. The number of hydrogen-bond donors (Lipinski definition) is 1. The Bertz CT molecular complexity index is 479. The average Bonchev–Trinajstić information content (AvgIpc) is 2.52. The zero-order chi connectivity index (χ0) is 14.0. The van der Waals surface area contributed by atoms with Crippen LogP contribution in [0.3, 0.4) is 0 Å². The summed E-state index contributed by atoms with van der Waals surface area (Å²) >= 11 is 5.90. The van der Waals surface area contributed by atoms with Crippen LogP contribution in [0.4, 0.5) is 0 Å². The molecule has 1 saturated heterocycles. The van der Waals surface area contributed by atoms with Crippen molar-refractivity contribution in [2.75, 3.05) is 26.7 Å². The van der Waals surface area contributed by atoms with Gasteiger partial charge in [-0.05, 0) is 45.1 Å². The molecule has 19 heavy (non-hydrogen) atoms. The van der Waals surface area contributed by atoms with Crippen molar-refractivity contribution in [2.24, 2.45) is 0 Å². The highest BCUT2D eigenvalue weighted by molar-refractivity contribution is 6.31. The van der Waals surface area contributed by atoms with Gasteiger partial charge in [-0.1, -0.05) is 11.6 Å². The van der Waals surface area contributed by atoms with E-state index in [0.717, 1.165) is 19.5 Å². The highest BCUT2D eigenvalue weighted by Gasteiger charge is 2.26. The van der Waals surface area contributed by atoms with Gasteiger partial charge in [0.15, 0.2) is 0 Å². The molecule has 5 heteroatoms. The number of phenolic OH excluding ortho intramolecular Hbond substituents is 1. The van der Waals surface area contributed by atoms with Gasteiger partial charge in [0.25, 0.3) is 5.91 Å². The molecule has 0 radical (unpaired) electrons. The first-order valence-electron chi connectivity index (χ1n) is 6.47. The molecular weight excluding hydrogens is 264 g/mol. The van der Waals surface area contributed by atoms with Crippen LogP contribution >= 0.6 is 11.6 Å². The molecule has 1 aromatic carbocycles. The Morgan fingerprint density at radius 2 is 2.16 bits per heavy atom. The third-order valence-corrected chi connectivity index (χ3v) is 3.73. The summed E-state index contributed by atoms with van der Waals surface area (Å²) in [5.41, 5.74) is 0.281. The maximum Gasteiger partial charge on any atom is 0.257 e. The van der Waals surface area contributed by atoms with Gasteiger partial charge >= 0.3 is 0 Å². The van der Waals surface area contributed by atoms with Crippen molar-refractivity contribution in [1.29, 1.82) is 0 Å². The molecule has 1 aliphatic heterocycles. The number of likely N-dealkylation sites (N-methyl/N-ethyl adjacent to an activating group) is 1. The van der Waals surface area contributed by atoms with E-state index in [9.17, 15) is 9.90 Å². The van der Waals surface area contributed by atoms with Gasteiger partial charge in [0, 0.05) is 24.2 Å². The van der Waals surface area contributed by atoms with E-state index in [1.165, 1.54) is 12.1 Å². The molecule has 0 aromatic heterocycles. The highest BCUT2D eigenvalue weighted by atomic mass is 35.5. The number of nitrogens with zero attached hydrogens (tertiary/aromatic N) is 2. The van der Waals surface area contributed by atoms with Crippen LogP contribution < -0.4 is 0 Å². The number of phenols is 1. The average molecular weight is 283 g/mol. The lowest BCUT2D eigenvalue weighted by molar-refractivity contribution is 0.0693. The summed E-state index contributed by atoms with van der Waals surface area (Å²) in [6.45, 7) is 4.56. The number of halogens is 1. The maximum absolute atomic E-state index is 12.5. The molecule has 1 aliphatic rings. The Balaban J connectivity index is 2.25. The van der Waals surface area contributed by atoms with E-state index in [1.807, 2.05) is 11.8 Å². The molecule has 104 valence electrons. The van der Waals surface area contributed by atoms with Crippen LogP contribution in [-0.4, -0.2) is 53.5 Å². The minimum atomic E-state index is -0.150. The fourth-order valence-electron chi connectivity index (χ4n) is 2.51. The summed E-state index contributed by atoms with van der Waals surface area (Å²) < 4.78 is 0. The zero-order valence-electron chi connectivity index (χ0n) is 11.3. The van der Waals surface area contributed by atoms with Crippen LogP contribution in [0.25, 0.3) is 0 Å². The fraction of sp³-hybridized carbons (Fsp3) is 0.500. The Hall–Kier alpha value is -1.26. The van der Waals surface area contributed by atoms with Gasteiger partial charge in [0.05, 0.1) is 5.56 Å². The number of hydrogen-bond acceptors (Lipinski definition) is 3. The van der Waals surface area contributed by atoms with Crippen LogP contribution in [0.5, 0.6) is 5.75 Å². The monoisotopic (exact) mass is 282 g/mol. The second-order valence-electron chi connectivity index (χ2n) is 5.12. The summed E-state index contributed by atoms with van der Waals surface area (Å²) in [4.78, 5) is 16.6. The minimum absolute atomic E-state index is 0.0146. The highest BCUT2D eigenvalue weighted by Crippen LogP contribution is 2.24.